The fourth-order valence-corrected chi connectivity index (χ4v) is 2.62. The van der Waals surface area contributed by atoms with Crippen LogP contribution in [0.25, 0.3) is 0 Å². The van der Waals surface area contributed by atoms with Gasteiger partial charge in [0.1, 0.15) is 12.2 Å². The highest BCUT2D eigenvalue weighted by atomic mass is 16.6. The number of rotatable bonds is 4. The highest BCUT2D eigenvalue weighted by molar-refractivity contribution is 5.73. The van der Waals surface area contributed by atoms with E-state index in [0.29, 0.717) is 6.42 Å². The van der Waals surface area contributed by atoms with Crippen LogP contribution in [0.4, 0.5) is 4.79 Å². The molecule has 0 spiro atoms. The maximum absolute atomic E-state index is 12.2. The molecule has 2 atom stereocenters. The van der Waals surface area contributed by atoms with E-state index in [-0.39, 0.29) is 19.6 Å². The number of esters is 1. The second-order valence-corrected chi connectivity index (χ2v) is 7.03. The first kappa shape index (κ1) is 18.3. The van der Waals surface area contributed by atoms with E-state index in [9.17, 15) is 14.7 Å². The second-order valence-electron chi connectivity index (χ2n) is 7.03. The monoisotopic (exact) mass is 335 g/mol. The maximum atomic E-state index is 12.2. The van der Waals surface area contributed by atoms with Crippen molar-refractivity contribution < 1.29 is 24.2 Å². The summed E-state index contributed by atoms with van der Waals surface area (Å²) in [7, 11) is 0. The Hall–Kier alpha value is -2.08. The van der Waals surface area contributed by atoms with Crippen molar-refractivity contribution in [3.05, 3.63) is 35.9 Å². The van der Waals surface area contributed by atoms with Crippen molar-refractivity contribution in [3.63, 3.8) is 0 Å². The molecule has 1 heterocycles. The van der Waals surface area contributed by atoms with E-state index in [1.807, 2.05) is 30.3 Å². The van der Waals surface area contributed by atoms with Crippen LogP contribution in [0.3, 0.4) is 0 Å². The zero-order chi connectivity index (χ0) is 17.7. The quantitative estimate of drug-likeness (QED) is 0.856. The summed E-state index contributed by atoms with van der Waals surface area (Å²) in [5.41, 5.74) is 0.282. The lowest BCUT2D eigenvalue weighted by atomic mass is 10.1. The van der Waals surface area contributed by atoms with Crippen LogP contribution < -0.4 is 0 Å². The molecular weight excluding hydrogens is 310 g/mol. The first-order valence-corrected chi connectivity index (χ1v) is 8.12. The Morgan fingerprint density at radius 2 is 1.92 bits per heavy atom. The Bertz CT molecular complexity index is 567. The van der Waals surface area contributed by atoms with Crippen LogP contribution in [-0.2, 0) is 20.9 Å². The van der Waals surface area contributed by atoms with Crippen LogP contribution in [-0.4, -0.2) is 46.4 Å². The van der Waals surface area contributed by atoms with Gasteiger partial charge in [-0.3, -0.25) is 4.79 Å². The van der Waals surface area contributed by atoms with Crippen LogP contribution in [0.2, 0.25) is 0 Å². The molecular formula is C18H25NO5. The smallest absolute Gasteiger partial charge is 0.410 e. The first-order chi connectivity index (χ1) is 11.2. The molecule has 0 aliphatic carbocycles. The minimum atomic E-state index is -0.649. The number of benzene rings is 1. The van der Waals surface area contributed by atoms with Crippen LogP contribution in [0, 0.1) is 0 Å². The molecule has 6 heteroatoms. The SMILES string of the molecule is CC(C)(C)OC(=O)N1C[C@H](O)C[C@H]1CC(=O)OCc1ccccc1. The van der Waals surface area contributed by atoms with Crippen LogP contribution in [0.1, 0.15) is 39.2 Å². The maximum Gasteiger partial charge on any atom is 0.410 e. The Labute approximate surface area is 142 Å². The third-order valence-electron chi connectivity index (χ3n) is 3.67. The summed E-state index contributed by atoms with van der Waals surface area (Å²) in [5, 5.41) is 9.84. The molecule has 1 aromatic rings. The molecule has 1 aliphatic heterocycles. The molecule has 0 aromatic heterocycles. The lowest BCUT2D eigenvalue weighted by Crippen LogP contribution is -2.41. The number of nitrogens with zero attached hydrogens (tertiary/aromatic N) is 1. The topological polar surface area (TPSA) is 76.1 Å². The Kier molecular flexibility index (Phi) is 5.83. The number of hydrogen-bond donors (Lipinski definition) is 1. The van der Waals surface area contributed by atoms with Gasteiger partial charge in [0.05, 0.1) is 19.1 Å². The van der Waals surface area contributed by atoms with Gasteiger partial charge in [-0.05, 0) is 32.8 Å². The van der Waals surface area contributed by atoms with Crippen molar-refractivity contribution in [2.45, 2.75) is 58.0 Å². The first-order valence-electron chi connectivity index (χ1n) is 8.12. The zero-order valence-electron chi connectivity index (χ0n) is 14.4. The lowest BCUT2D eigenvalue weighted by Gasteiger charge is -2.28. The fourth-order valence-electron chi connectivity index (χ4n) is 2.62. The predicted octanol–water partition coefficient (Wildman–Crippen LogP) is 2.49. The number of β-amino-alcohol motifs (C(OH)–C–C–N with tert-alkyl or cyclic N) is 1. The highest BCUT2D eigenvalue weighted by Gasteiger charge is 2.38. The number of carbonyl (C=O) groups is 2. The minimum Gasteiger partial charge on any atom is -0.461 e. The molecule has 1 fully saturated rings. The van der Waals surface area contributed by atoms with Gasteiger partial charge in [-0.25, -0.2) is 4.79 Å². The van der Waals surface area contributed by atoms with Gasteiger partial charge in [0.2, 0.25) is 0 Å². The van der Waals surface area contributed by atoms with Crippen LogP contribution >= 0.6 is 0 Å². The van der Waals surface area contributed by atoms with E-state index in [0.717, 1.165) is 5.56 Å². The third-order valence-corrected chi connectivity index (χ3v) is 3.67. The largest absolute Gasteiger partial charge is 0.461 e. The molecule has 1 aromatic carbocycles. The number of aliphatic hydroxyl groups is 1. The van der Waals surface area contributed by atoms with E-state index >= 15 is 0 Å². The molecule has 0 unspecified atom stereocenters. The van der Waals surface area contributed by atoms with Gasteiger partial charge in [0, 0.05) is 6.04 Å². The normalized spacial score (nSPS) is 20.8. The van der Waals surface area contributed by atoms with Crippen molar-refractivity contribution in [1.29, 1.82) is 0 Å². The summed E-state index contributed by atoms with van der Waals surface area (Å²) < 4.78 is 10.6. The molecule has 24 heavy (non-hydrogen) atoms. The molecule has 0 saturated carbocycles. The summed E-state index contributed by atoms with van der Waals surface area (Å²) in [6.07, 6.45) is -0.771. The van der Waals surface area contributed by atoms with Crippen molar-refractivity contribution in [2.24, 2.45) is 0 Å². The van der Waals surface area contributed by atoms with Crippen LogP contribution in [0.15, 0.2) is 30.3 Å². The molecule has 2 rings (SSSR count). The third kappa shape index (κ3) is 5.53. The molecule has 0 radical (unpaired) electrons. The Balaban J connectivity index is 1.89. The van der Waals surface area contributed by atoms with E-state index in [1.165, 1.54) is 4.90 Å². The Morgan fingerprint density at radius 1 is 1.25 bits per heavy atom. The fraction of sp³-hybridized carbons (Fsp3) is 0.556. The van der Waals surface area contributed by atoms with E-state index in [4.69, 9.17) is 9.47 Å². The van der Waals surface area contributed by atoms with Gasteiger partial charge in [-0.2, -0.15) is 0 Å². The average Bonchev–Trinajstić information content (AvgIpc) is 2.85. The average molecular weight is 335 g/mol. The summed E-state index contributed by atoms with van der Waals surface area (Å²) in [6.45, 7) is 5.70. The van der Waals surface area contributed by atoms with Crippen molar-refractivity contribution >= 4 is 12.1 Å². The molecule has 132 valence electrons. The van der Waals surface area contributed by atoms with Gasteiger partial charge < -0.3 is 19.5 Å². The molecule has 1 saturated heterocycles. The minimum absolute atomic E-state index is 0.0448. The standard InChI is InChI=1S/C18H25NO5/c1-18(2,3)24-17(22)19-11-15(20)9-14(19)10-16(21)23-12-13-7-5-4-6-8-13/h4-8,14-15,20H,9-12H2,1-3H3/t14-,15+/m0/s1. The molecule has 1 amide bonds. The van der Waals surface area contributed by atoms with E-state index in [2.05, 4.69) is 0 Å². The van der Waals surface area contributed by atoms with Gasteiger partial charge in [-0.15, -0.1) is 0 Å². The Morgan fingerprint density at radius 3 is 2.54 bits per heavy atom. The summed E-state index contributed by atoms with van der Waals surface area (Å²) in [5.74, 6) is -0.397. The lowest BCUT2D eigenvalue weighted by molar-refractivity contribution is -0.146. The summed E-state index contributed by atoms with van der Waals surface area (Å²) in [4.78, 5) is 25.7. The van der Waals surface area contributed by atoms with Gasteiger partial charge in [-0.1, -0.05) is 30.3 Å². The zero-order valence-corrected chi connectivity index (χ0v) is 14.4. The van der Waals surface area contributed by atoms with Gasteiger partial charge in [0.15, 0.2) is 0 Å². The summed E-state index contributed by atoms with van der Waals surface area (Å²) >= 11 is 0. The highest BCUT2D eigenvalue weighted by Crippen LogP contribution is 2.24. The number of amides is 1. The van der Waals surface area contributed by atoms with Crippen molar-refractivity contribution in [2.75, 3.05) is 6.54 Å². The van der Waals surface area contributed by atoms with Gasteiger partial charge in [0.25, 0.3) is 0 Å². The number of likely N-dealkylation sites (tertiary alicyclic amines) is 1. The van der Waals surface area contributed by atoms with Crippen molar-refractivity contribution in [3.8, 4) is 0 Å². The van der Waals surface area contributed by atoms with Crippen molar-refractivity contribution in [1.82, 2.24) is 4.90 Å². The van der Waals surface area contributed by atoms with E-state index < -0.39 is 29.8 Å². The van der Waals surface area contributed by atoms with E-state index in [1.54, 1.807) is 20.8 Å². The molecule has 6 nitrogen and oxygen atoms in total. The number of hydrogen-bond acceptors (Lipinski definition) is 5. The number of aliphatic hydroxyl groups excluding tert-OH is 1. The van der Waals surface area contributed by atoms with Gasteiger partial charge >= 0.3 is 12.1 Å². The molecule has 1 N–H and O–H groups in total. The number of carbonyl (C=O) groups excluding carboxylic acids is 2. The predicted molar refractivity (Wildman–Crippen MR) is 88.2 cm³/mol. The van der Waals surface area contributed by atoms with Crippen LogP contribution in [0.5, 0.6) is 0 Å². The molecule has 1 aliphatic rings. The molecule has 0 bridgehead atoms. The number of ether oxygens (including phenoxy) is 2. The second kappa shape index (κ2) is 7.66. The summed E-state index contributed by atoms with van der Waals surface area (Å²) in [6, 6.07) is 8.99.